The molecule has 104 valence electrons. The average Bonchev–Trinajstić information content (AvgIpc) is 3.22. The third-order valence-corrected chi connectivity index (χ3v) is 4.24. The SMILES string of the molecule is Cc1ccc(N2CCN(C)CC2)c(CNC2CC2)c1. The molecule has 1 saturated carbocycles. The maximum absolute atomic E-state index is 3.65. The Labute approximate surface area is 116 Å². The van der Waals surface area contributed by atoms with E-state index in [1.165, 1.54) is 42.7 Å². The van der Waals surface area contributed by atoms with Crippen LogP contribution < -0.4 is 10.2 Å². The van der Waals surface area contributed by atoms with Gasteiger partial charge in [0.15, 0.2) is 0 Å². The van der Waals surface area contributed by atoms with Crippen LogP contribution in [-0.4, -0.2) is 44.2 Å². The Hall–Kier alpha value is -1.06. The highest BCUT2D eigenvalue weighted by Crippen LogP contribution is 2.25. The fourth-order valence-corrected chi connectivity index (χ4v) is 2.75. The van der Waals surface area contributed by atoms with Gasteiger partial charge in [0.25, 0.3) is 0 Å². The van der Waals surface area contributed by atoms with Crippen molar-refractivity contribution in [3.8, 4) is 0 Å². The Morgan fingerprint density at radius 3 is 2.58 bits per heavy atom. The van der Waals surface area contributed by atoms with Crippen molar-refractivity contribution < 1.29 is 0 Å². The first kappa shape index (κ1) is 12.9. The fraction of sp³-hybridized carbons (Fsp3) is 0.625. The Morgan fingerprint density at radius 1 is 1.16 bits per heavy atom. The summed E-state index contributed by atoms with van der Waals surface area (Å²) in [6, 6.07) is 7.68. The summed E-state index contributed by atoms with van der Waals surface area (Å²) in [4.78, 5) is 4.95. The molecule has 1 saturated heterocycles. The van der Waals surface area contributed by atoms with Gasteiger partial charge >= 0.3 is 0 Å². The largest absolute Gasteiger partial charge is 0.369 e. The molecule has 3 nitrogen and oxygen atoms in total. The van der Waals surface area contributed by atoms with E-state index in [1.807, 2.05) is 0 Å². The molecule has 1 N–H and O–H groups in total. The predicted molar refractivity (Wildman–Crippen MR) is 80.8 cm³/mol. The van der Waals surface area contributed by atoms with Crippen LogP contribution in [0.4, 0.5) is 5.69 Å². The van der Waals surface area contributed by atoms with Gasteiger partial charge in [-0.25, -0.2) is 0 Å². The molecule has 0 atom stereocenters. The third kappa shape index (κ3) is 3.28. The van der Waals surface area contributed by atoms with Gasteiger partial charge in [0.05, 0.1) is 0 Å². The zero-order valence-corrected chi connectivity index (χ0v) is 12.2. The van der Waals surface area contributed by atoms with E-state index in [4.69, 9.17) is 0 Å². The number of nitrogens with one attached hydrogen (secondary N) is 1. The van der Waals surface area contributed by atoms with Crippen molar-refractivity contribution >= 4 is 5.69 Å². The maximum Gasteiger partial charge on any atom is 0.0412 e. The molecule has 3 rings (SSSR count). The van der Waals surface area contributed by atoms with Gasteiger partial charge < -0.3 is 15.1 Å². The van der Waals surface area contributed by atoms with Gasteiger partial charge in [-0.1, -0.05) is 17.7 Å². The molecule has 0 aromatic heterocycles. The molecular weight excluding hydrogens is 234 g/mol. The Balaban J connectivity index is 1.74. The van der Waals surface area contributed by atoms with Crippen LogP contribution in [0, 0.1) is 6.92 Å². The number of hydrogen-bond acceptors (Lipinski definition) is 3. The van der Waals surface area contributed by atoms with Crippen LogP contribution in [0.2, 0.25) is 0 Å². The summed E-state index contributed by atoms with van der Waals surface area (Å²) in [6.07, 6.45) is 2.71. The van der Waals surface area contributed by atoms with Crippen LogP contribution >= 0.6 is 0 Å². The normalized spacial score (nSPS) is 20.8. The van der Waals surface area contributed by atoms with Gasteiger partial charge in [0.1, 0.15) is 0 Å². The van der Waals surface area contributed by atoms with Crippen LogP contribution in [0.1, 0.15) is 24.0 Å². The summed E-state index contributed by atoms with van der Waals surface area (Å²) in [7, 11) is 2.21. The lowest BCUT2D eigenvalue weighted by Gasteiger charge is -2.35. The number of likely N-dealkylation sites (N-methyl/N-ethyl adjacent to an activating group) is 1. The molecule has 2 aliphatic rings. The monoisotopic (exact) mass is 259 g/mol. The molecule has 1 aliphatic carbocycles. The number of nitrogens with zero attached hydrogens (tertiary/aromatic N) is 2. The van der Waals surface area contributed by atoms with Gasteiger partial charge in [0.2, 0.25) is 0 Å². The van der Waals surface area contributed by atoms with E-state index in [0.29, 0.717) is 0 Å². The minimum Gasteiger partial charge on any atom is -0.369 e. The molecule has 0 bridgehead atoms. The van der Waals surface area contributed by atoms with Crippen LogP contribution in [0.3, 0.4) is 0 Å². The summed E-state index contributed by atoms with van der Waals surface area (Å²) >= 11 is 0. The van der Waals surface area contributed by atoms with E-state index in [9.17, 15) is 0 Å². The topological polar surface area (TPSA) is 18.5 Å². The van der Waals surface area contributed by atoms with Crippen molar-refractivity contribution in [2.75, 3.05) is 38.1 Å². The second kappa shape index (κ2) is 5.51. The molecule has 0 spiro atoms. The van der Waals surface area contributed by atoms with E-state index in [2.05, 4.69) is 47.3 Å². The smallest absolute Gasteiger partial charge is 0.0412 e. The molecule has 3 heteroatoms. The standard InChI is InChI=1S/C16H25N3/c1-13-3-6-16(19-9-7-18(2)8-10-19)14(11-13)12-17-15-4-5-15/h3,6,11,15,17H,4-5,7-10,12H2,1-2H3. The second-order valence-corrected chi connectivity index (χ2v) is 6.08. The Morgan fingerprint density at radius 2 is 1.89 bits per heavy atom. The lowest BCUT2D eigenvalue weighted by atomic mass is 10.1. The summed E-state index contributed by atoms with van der Waals surface area (Å²) < 4.78 is 0. The van der Waals surface area contributed by atoms with Gasteiger partial charge in [-0.3, -0.25) is 0 Å². The molecule has 1 aromatic rings. The van der Waals surface area contributed by atoms with E-state index < -0.39 is 0 Å². The predicted octanol–water partition coefficient (Wildman–Crippen LogP) is 2.00. The Bertz CT molecular complexity index is 432. The minimum absolute atomic E-state index is 0.779. The molecule has 2 fully saturated rings. The van der Waals surface area contributed by atoms with Crippen LogP contribution in [-0.2, 0) is 6.54 Å². The van der Waals surface area contributed by atoms with Crippen molar-refractivity contribution in [1.29, 1.82) is 0 Å². The van der Waals surface area contributed by atoms with Crippen molar-refractivity contribution in [2.45, 2.75) is 32.4 Å². The van der Waals surface area contributed by atoms with Crippen molar-refractivity contribution in [2.24, 2.45) is 0 Å². The molecule has 1 heterocycles. The highest BCUT2D eigenvalue weighted by Gasteiger charge is 2.22. The first-order valence-electron chi connectivity index (χ1n) is 7.49. The number of aryl methyl sites for hydroxylation is 1. The van der Waals surface area contributed by atoms with Gasteiger partial charge in [0, 0.05) is 44.5 Å². The number of hydrogen-bond donors (Lipinski definition) is 1. The van der Waals surface area contributed by atoms with E-state index >= 15 is 0 Å². The number of benzene rings is 1. The molecule has 0 radical (unpaired) electrons. The van der Waals surface area contributed by atoms with Crippen molar-refractivity contribution in [3.05, 3.63) is 29.3 Å². The number of anilines is 1. The average molecular weight is 259 g/mol. The lowest BCUT2D eigenvalue weighted by Crippen LogP contribution is -2.45. The Kier molecular flexibility index (Phi) is 3.76. The lowest BCUT2D eigenvalue weighted by molar-refractivity contribution is 0.312. The van der Waals surface area contributed by atoms with Gasteiger partial charge in [-0.2, -0.15) is 0 Å². The number of rotatable bonds is 4. The zero-order chi connectivity index (χ0) is 13.2. The summed E-state index contributed by atoms with van der Waals surface area (Å²) in [5.74, 6) is 0. The molecule has 0 amide bonds. The quantitative estimate of drug-likeness (QED) is 0.892. The summed E-state index contributed by atoms with van der Waals surface area (Å²) in [5.41, 5.74) is 4.27. The summed E-state index contributed by atoms with van der Waals surface area (Å²) in [6.45, 7) is 7.85. The highest BCUT2D eigenvalue weighted by molar-refractivity contribution is 5.55. The molecule has 1 aliphatic heterocycles. The number of piperazine rings is 1. The van der Waals surface area contributed by atoms with E-state index in [1.54, 1.807) is 0 Å². The summed E-state index contributed by atoms with van der Waals surface area (Å²) in [5, 5.41) is 3.65. The fourth-order valence-electron chi connectivity index (χ4n) is 2.75. The van der Waals surface area contributed by atoms with Crippen molar-refractivity contribution in [3.63, 3.8) is 0 Å². The van der Waals surface area contributed by atoms with Crippen LogP contribution in [0.25, 0.3) is 0 Å². The molecule has 19 heavy (non-hydrogen) atoms. The zero-order valence-electron chi connectivity index (χ0n) is 12.2. The van der Waals surface area contributed by atoms with Gasteiger partial charge in [-0.05, 0) is 38.4 Å². The molecular formula is C16H25N3. The maximum atomic E-state index is 3.65. The molecule has 1 aromatic carbocycles. The first-order chi connectivity index (χ1) is 9.22. The van der Waals surface area contributed by atoms with Crippen LogP contribution in [0.15, 0.2) is 18.2 Å². The van der Waals surface area contributed by atoms with E-state index in [-0.39, 0.29) is 0 Å². The first-order valence-corrected chi connectivity index (χ1v) is 7.49. The molecule has 0 unspecified atom stereocenters. The van der Waals surface area contributed by atoms with E-state index in [0.717, 1.165) is 25.7 Å². The highest BCUT2D eigenvalue weighted by atomic mass is 15.2. The van der Waals surface area contributed by atoms with Crippen LogP contribution in [0.5, 0.6) is 0 Å². The second-order valence-electron chi connectivity index (χ2n) is 6.08. The van der Waals surface area contributed by atoms with Gasteiger partial charge in [-0.15, -0.1) is 0 Å². The third-order valence-electron chi connectivity index (χ3n) is 4.24. The minimum atomic E-state index is 0.779. The van der Waals surface area contributed by atoms with Crippen molar-refractivity contribution in [1.82, 2.24) is 10.2 Å².